The van der Waals surface area contributed by atoms with Crippen LogP contribution < -0.4 is 21.7 Å². The number of thiol groups is 1. The molecule has 0 saturated carbocycles. The third-order valence-corrected chi connectivity index (χ3v) is 5.96. The number of aromatic hydroxyl groups is 2. The third kappa shape index (κ3) is 9.25. The number of benzene rings is 2. The van der Waals surface area contributed by atoms with Crippen LogP contribution in [0.5, 0.6) is 11.5 Å². The molecule has 206 valence electrons. The molecule has 0 aliphatic rings. The number of phenols is 2. The van der Waals surface area contributed by atoms with Crippen molar-refractivity contribution in [3.63, 3.8) is 0 Å². The van der Waals surface area contributed by atoms with E-state index in [1.807, 2.05) is 0 Å². The van der Waals surface area contributed by atoms with Crippen LogP contribution in [0.15, 0.2) is 48.5 Å². The number of hydrogen-bond acceptors (Lipinski definition) is 9. The largest absolute Gasteiger partial charge is 0.508 e. The maximum absolute atomic E-state index is 13.2. The fourth-order valence-corrected chi connectivity index (χ4v) is 3.70. The topological polar surface area (TPSA) is 211 Å². The van der Waals surface area contributed by atoms with Gasteiger partial charge in [0.1, 0.15) is 23.6 Å². The van der Waals surface area contributed by atoms with Crippen LogP contribution in [0.2, 0.25) is 0 Å². The van der Waals surface area contributed by atoms with Gasteiger partial charge in [0.2, 0.25) is 17.7 Å². The van der Waals surface area contributed by atoms with Gasteiger partial charge in [-0.3, -0.25) is 14.4 Å². The van der Waals surface area contributed by atoms with Gasteiger partial charge in [-0.15, -0.1) is 0 Å². The van der Waals surface area contributed by atoms with E-state index < -0.39 is 54.0 Å². The van der Waals surface area contributed by atoms with Gasteiger partial charge in [0.15, 0.2) is 6.04 Å². The Morgan fingerprint density at radius 2 is 1.24 bits per heavy atom. The fourth-order valence-electron chi connectivity index (χ4n) is 3.44. The van der Waals surface area contributed by atoms with Crippen LogP contribution in [-0.2, 0) is 32.0 Å². The lowest BCUT2D eigenvalue weighted by Crippen LogP contribution is -2.59. The maximum Gasteiger partial charge on any atom is 0.328 e. The summed E-state index contributed by atoms with van der Waals surface area (Å²) in [5.74, 6) is -3.90. The van der Waals surface area contributed by atoms with E-state index in [0.29, 0.717) is 11.1 Å². The number of hydrogen-bond donors (Lipinski definition) is 9. The molecule has 9 N–H and O–H groups in total. The minimum Gasteiger partial charge on any atom is -0.508 e. The van der Waals surface area contributed by atoms with Gasteiger partial charge in [-0.2, -0.15) is 12.6 Å². The minimum absolute atomic E-state index is 0.00705. The standard InChI is InChI=1S/C25H32N4O8S/c1-13(30)21(25(36)37)29-24(35)20(12-38)28-23(34)19(11-15-4-8-17(32)9-5-15)27-22(33)18(26)10-14-2-6-16(31)7-3-14/h2-9,13,18-21,30-32,38H,10-12,26H2,1H3,(H,27,33)(H,28,34)(H,29,35)(H,36,37). The maximum atomic E-state index is 13.2. The van der Waals surface area contributed by atoms with Crippen molar-refractivity contribution >= 4 is 36.3 Å². The van der Waals surface area contributed by atoms with Crippen molar-refractivity contribution in [2.24, 2.45) is 5.73 Å². The molecule has 0 aromatic heterocycles. The molecule has 5 unspecified atom stereocenters. The number of carbonyl (C=O) groups excluding carboxylic acids is 3. The second kappa shape index (κ2) is 14.2. The van der Waals surface area contributed by atoms with Crippen LogP contribution in [0.3, 0.4) is 0 Å². The van der Waals surface area contributed by atoms with Gasteiger partial charge < -0.3 is 42.1 Å². The highest BCUT2D eigenvalue weighted by molar-refractivity contribution is 7.80. The second-order valence-electron chi connectivity index (χ2n) is 8.72. The average molecular weight is 549 g/mol. The van der Waals surface area contributed by atoms with Crippen LogP contribution in [0, 0.1) is 0 Å². The Morgan fingerprint density at radius 3 is 1.68 bits per heavy atom. The average Bonchev–Trinajstić information content (AvgIpc) is 2.87. The van der Waals surface area contributed by atoms with Crippen LogP contribution in [0.4, 0.5) is 0 Å². The SMILES string of the molecule is CC(O)C(NC(=O)C(CS)NC(=O)C(Cc1ccc(O)cc1)NC(=O)C(N)Cc1ccc(O)cc1)C(=O)O. The van der Waals surface area contributed by atoms with Gasteiger partial charge in [0, 0.05) is 12.2 Å². The highest BCUT2D eigenvalue weighted by Crippen LogP contribution is 2.13. The first-order valence-corrected chi connectivity index (χ1v) is 12.3. The molecule has 5 atom stereocenters. The van der Waals surface area contributed by atoms with Crippen LogP contribution in [-0.4, -0.2) is 80.1 Å². The molecule has 0 aliphatic heterocycles. The number of aliphatic hydroxyl groups is 1. The normalized spacial score (nSPS) is 14.8. The Hall–Kier alpha value is -3.81. The van der Waals surface area contributed by atoms with Crippen molar-refractivity contribution in [1.82, 2.24) is 16.0 Å². The van der Waals surface area contributed by atoms with Crippen LogP contribution >= 0.6 is 12.6 Å². The van der Waals surface area contributed by atoms with Gasteiger partial charge in [-0.25, -0.2) is 4.79 Å². The summed E-state index contributed by atoms with van der Waals surface area (Å²) in [6.45, 7) is 1.19. The van der Waals surface area contributed by atoms with Gasteiger partial charge in [0.25, 0.3) is 0 Å². The molecule has 2 aromatic carbocycles. The Labute approximate surface area is 224 Å². The highest BCUT2D eigenvalue weighted by atomic mass is 32.1. The number of aliphatic hydroxyl groups excluding tert-OH is 1. The minimum atomic E-state index is -1.60. The summed E-state index contributed by atoms with van der Waals surface area (Å²) in [4.78, 5) is 49.9. The molecule has 3 amide bonds. The quantitative estimate of drug-likeness (QED) is 0.141. The molecule has 0 spiro atoms. The Morgan fingerprint density at radius 1 is 0.789 bits per heavy atom. The summed E-state index contributed by atoms with van der Waals surface area (Å²) >= 11 is 4.06. The molecule has 38 heavy (non-hydrogen) atoms. The van der Waals surface area contributed by atoms with Crippen molar-refractivity contribution < 1.29 is 39.6 Å². The number of nitrogens with one attached hydrogen (secondary N) is 3. The summed E-state index contributed by atoms with van der Waals surface area (Å²) in [6.07, 6.45) is -1.29. The number of nitrogens with two attached hydrogens (primary N) is 1. The molecule has 0 fully saturated rings. The van der Waals surface area contributed by atoms with Crippen molar-refractivity contribution in [1.29, 1.82) is 0 Å². The number of carbonyl (C=O) groups is 4. The smallest absolute Gasteiger partial charge is 0.328 e. The highest BCUT2D eigenvalue weighted by Gasteiger charge is 2.31. The van der Waals surface area contributed by atoms with Gasteiger partial charge in [-0.1, -0.05) is 24.3 Å². The van der Waals surface area contributed by atoms with E-state index in [1.165, 1.54) is 31.2 Å². The molecule has 0 heterocycles. The predicted molar refractivity (Wildman–Crippen MR) is 141 cm³/mol. The molecular weight excluding hydrogens is 516 g/mol. The monoisotopic (exact) mass is 548 g/mol. The fraction of sp³-hybridized carbons (Fsp3) is 0.360. The van der Waals surface area contributed by atoms with E-state index in [0.717, 1.165) is 0 Å². The zero-order valence-corrected chi connectivity index (χ0v) is 21.5. The van der Waals surface area contributed by atoms with Crippen molar-refractivity contribution in [2.45, 2.75) is 50.0 Å². The number of amides is 3. The first-order valence-electron chi connectivity index (χ1n) is 11.7. The first-order chi connectivity index (χ1) is 17.9. The molecular formula is C25H32N4O8S. The van der Waals surface area contributed by atoms with Crippen molar-refractivity contribution in [2.75, 3.05) is 5.75 Å². The lowest BCUT2D eigenvalue weighted by atomic mass is 10.0. The summed E-state index contributed by atoms with van der Waals surface area (Å²) in [6, 6.07) is 6.94. The zero-order chi connectivity index (χ0) is 28.4. The summed E-state index contributed by atoms with van der Waals surface area (Å²) < 4.78 is 0. The molecule has 0 bridgehead atoms. The van der Waals surface area contributed by atoms with Gasteiger partial charge in [0.05, 0.1) is 12.1 Å². The van der Waals surface area contributed by atoms with Crippen LogP contribution in [0.1, 0.15) is 18.1 Å². The van der Waals surface area contributed by atoms with E-state index in [1.54, 1.807) is 24.3 Å². The number of phenolic OH excluding ortho intramolecular Hbond substituents is 2. The van der Waals surface area contributed by atoms with E-state index in [9.17, 15) is 39.6 Å². The first kappa shape index (κ1) is 30.4. The van der Waals surface area contributed by atoms with Gasteiger partial charge >= 0.3 is 5.97 Å². The summed E-state index contributed by atoms with van der Waals surface area (Å²) in [7, 11) is 0. The lowest BCUT2D eigenvalue weighted by Gasteiger charge is -2.25. The van der Waals surface area contributed by atoms with E-state index >= 15 is 0 Å². The number of carboxylic acid groups (broad SMARTS) is 1. The number of aliphatic carboxylic acids is 1. The van der Waals surface area contributed by atoms with Crippen LogP contribution in [0.25, 0.3) is 0 Å². The summed E-state index contributed by atoms with van der Waals surface area (Å²) in [5, 5.41) is 45.0. The third-order valence-electron chi connectivity index (χ3n) is 5.60. The molecule has 2 aromatic rings. The molecule has 0 aliphatic carbocycles. The Balaban J connectivity index is 2.17. The Kier molecular flexibility index (Phi) is 11.4. The number of carboxylic acids is 1. The Bertz CT molecular complexity index is 1110. The molecule has 12 nitrogen and oxygen atoms in total. The van der Waals surface area contributed by atoms with Crippen molar-refractivity contribution in [3.05, 3.63) is 59.7 Å². The van der Waals surface area contributed by atoms with E-state index in [4.69, 9.17) is 5.73 Å². The summed E-state index contributed by atoms with van der Waals surface area (Å²) in [5.41, 5.74) is 7.31. The van der Waals surface area contributed by atoms with E-state index in [-0.39, 0.29) is 30.1 Å². The second-order valence-corrected chi connectivity index (χ2v) is 9.08. The molecule has 13 heteroatoms. The lowest BCUT2D eigenvalue weighted by molar-refractivity contribution is -0.145. The molecule has 2 rings (SSSR count). The molecule has 0 radical (unpaired) electrons. The van der Waals surface area contributed by atoms with E-state index in [2.05, 4.69) is 28.6 Å². The number of rotatable bonds is 13. The van der Waals surface area contributed by atoms with Gasteiger partial charge in [-0.05, 0) is 48.7 Å². The van der Waals surface area contributed by atoms with Crippen molar-refractivity contribution in [3.8, 4) is 11.5 Å². The predicted octanol–water partition coefficient (Wildman–Crippen LogP) is -0.940. The zero-order valence-electron chi connectivity index (χ0n) is 20.6. The molecule has 0 saturated heterocycles.